The van der Waals surface area contributed by atoms with Crippen LogP contribution in [0.4, 0.5) is 0 Å². The molecular weight excluding hydrogens is 208 g/mol. The van der Waals surface area contributed by atoms with Gasteiger partial charge in [0.2, 0.25) is 5.91 Å². The highest BCUT2D eigenvalue weighted by Crippen LogP contribution is 2.31. The summed E-state index contributed by atoms with van der Waals surface area (Å²) in [5.74, 6) is 1.08. The van der Waals surface area contributed by atoms with Crippen molar-refractivity contribution in [1.29, 1.82) is 0 Å². The first kappa shape index (κ1) is 9.77. The number of H-pyrrole nitrogens is 1. The van der Waals surface area contributed by atoms with Crippen molar-refractivity contribution in [2.45, 2.75) is 31.4 Å². The summed E-state index contributed by atoms with van der Waals surface area (Å²) in [5.41, 5.74) is 0. The number of hydrogen-bond donors (Lipinski definition) is 2. The number of aromatic nitrogens is 3. The third-order valence-corrected chi connectivity index (χ3v) is 3.07. The Balaban J connectivity index is 1.67. The zero-order chi connectivity index (χ0) is 11.0. The van der Waals surface area contributed by atoms with Gasteiger partial charge in [0.15, 0.2) is 5.82 Å². The van der Waals surface area contributed by atoms with E-state index < -0.39 is 0 Å². The van der Waals surface area contributed by atoms with Gasteiger partial charge in [-0.2, -0.15) is 5.10 Å². The number of amides is 1. The maximum absolute atomic E-state index is 11.7. The molecule has 2 heterocycles. The van der Waals surface area contributed by atoms with Crippen molar-refractivity contribution in [2.75, 3.05) is 6.61 Å². The quantitative estimate of drug-likeness (QED) is 0.763. The van der Waals surface area contributed by atoms with Gasteiger partial charge in [-0.1, -0.05) is 0 Å². The van der Waals surface area contributed by atoms with Gasteiger partial charge in [-0.15, -0.1) is 0 Å². The number of carbonyl (C=O) groups is 1. The van der Waals surface area contributed by atoms with Crippen LogP contribution in [0.25, 0.3) is 0 Å². The molecule has 0 spiro atoms. The molecule has 6 heteroatoms. The van der Waals surface area contributed by atoms with E-state index in [1.807, 2.05) is 0 Å². The molecule has 6 nitrogen and oxygen atoms in total. The fourth-order valence-corrected chi connectivity index (χ4v) is 2.00. The fraction of sp³-hybridized carbons (Fsp3) is 0.700. The topological polar surface area (TPSA) is 79.9 Å². The third-order valence-electron chi connectivity index (χ3n) is 3.07. The predicted molar refractivity (Wildman–Crippen MR) is 54.3 cm³/mol. The van der Waals surface area contributed by atoms with E-state index in [-0.39, 0.29) is 24.0 Å². The second kappa shape index (κ2) is 3.86. The summed E-state index contributed by atoms with van der Waals surface area (Å²) in [5, 5.41) is 9.62. The van der Waals surface area contributed by atoms with Crippen molar-refractivity contribution < 1.29 is 9.53 Å². The Morgan fingerprint density at radius 3 is 3.06 bits per heavy atom. The monoisotopic (exact) mass is 222 g/mol. The molecule has 2 atom stereocenters. The van der Waals surface area contributed by atoms with Gasteiger partial charge in [-0.25, -0.2) is 4.98 Å². The van der Waals surface area contributed by atoms with Crippen LogP contribution in [0.3, 0.4) is 0 Å². The van der Waals surface area contributed by atoms with Crippen LogP contribution in [0, 0.1) is 5.92 Å². The number of hydrogen-bond acceptors (Lipinski definition) is 4. The number of aromatic amines is 1. The van der Waals surface area contributed by atoms with Gasteiger partial charge < -0.3 is 10.1 Å². The molecule has 0 unspecified atom stereocenters. The van der Waals surface area contributed by atoms with Gasteiger partial charge >= 0.3 is 0 Å². The first-order chi connectivity index (χ1) is 7.84. The highest BCUT2D eigenvalue weighted by Gasteiger charge is 2.37. The van der Waals surface area contributed by atoms with Crippen LogP contribution in [-0.4, -0.2) is 33.7 Å². The second-order valence-corrected chi connectivity index (χ2v) is 4.34. The van der Waals surface area contributed by atoms with Crippen molar-refractivity contribution in [2.24, 2.45) is 5.92 Å². The van der Waals surface area contributed by atoms with Crippen LogP contribution < -0.4 is 5.32 Å². The predicted octanol–water partition coefficient (Wildman–Crippen LogP) is 0.161. The molecule has 0 bridgehead atoms. The summed E-state index contributed by atoms with van der Waals surface area (Å²) in [7, 11) is 0. The van der Waals surface area contributed by atoms with Gasteiger partial charge in [0.1, 0.15) is 12.4 Å². The molecule has 1 amide bonds. The highest BCUT2D eigenvalue weighted by atomic mass is 16.5. The average molecular weight is 222 g/mol. The van der Waals surface area contributed by atoms with Crippen LogP contribution in [0.5, 0.6) is 0 Å². The van der Waals surface area contributed by atoms with Gasteiger partial charge in [0.05, 0.1) is 6.04 Å². The zero-order valence-electron chi connectivity index (χ0n) is 8.85. The van der Waals surface area contributed by atoms with E-state index in [2.05, 4.69) is 20.5 Å². The lowest BCUT2D eigenvalue weighted by atomic mass is 10.1. The van der Waals surface area contributed by atoms with Gasteiger partial charge in [-0.05, 0) is 19.3 Å². The van der Waals surface area contributed by atoms with Crippen LogP contribution in [0.15, 0.2) is 6.33 Å². The Labute approximate surface area is 92.8 Å². The minimum atomic E-state index is -0.176. The summed E-state index contributed by atoms with van der Waals surface area (Å²) in [6, 6.07) is 0.0287. The number of carbonyl (C=O) groups excluding carboxylic acids is 1. The number of nitrogens with one attached hydrogen (secondary N) is 2. The number of nitrogens with zero attached hydrogens (tertiary/aromatic N) is 2. The van der Waals surface area contributed by atoms with E-state index in [1.165, 1.54) is 6.33 Å². The number of rotatable bonds is 3. The molecule has 16 heavy (non-hydrogen) atoms. The van der Waals surface area contributed by atoms with Crippen LogP contribution >= 0.6 is 0 Å². The number of ether oxygens (including phenoxy) is 1. The Morgan fingerprint density at radius 2 is 2.38 bits per heavy atom. The SMILES string of the molecule is O=C(N[C@@H]1CCO[C@@H]1c1ncn[nH]1)C1CC1. The van der Waals surface area contributed by atoms with E-state index in [4.69, 9.17) is 4.74 Å². The molecule has 0 aromatic carbocycles. The standard InChI is InChI=1S/C10H14N4O2/c15-10(6-1-2-6)13-7-3-4-16-8(7)9-11-5-12-14-9/h5-8H,1-4H2,(H,13,15)(H,11,12,14)/t7-,8+/m1/s1. The molecule has 2 N–H and O–H groups in total. The van der Waals surface area contributed by atoms with E-state index >= 15 is 0 Å². The molecule has 1 saturated heterocycles. The Hall–Kier alpha value is -1.43. The Morgan fingerprint density at radius 1 is 1.50 bits per heavy atom. The summed E-state index contributed by atoms with van der Waals surface area (Å²) >= 11 is 0. The molecule has 1 aromatic heterocycles. The minimum Gasteiger partial charge on any atom is -0.368 e. The average Bonchev–Trinajstić information content (AvgIpc) is 2.81. The van der Waals surface area contributed by atoms with Gasteiger partial charge in [0.25, 0.3) is 0 Å². The fourth-order valence-electron chi connectivity index (χ4n) is 2.00. The van der Waals surface area contributed by atoms with Gasteiger partial charge in [-0.3, -0.25) is 9.89 Å². The smallest absolute Gasteiger partial charge is 0.223 e. The van der Waals surface area contributed by atoms with E-state index in [0.29, 0.717) is 12.4 Å². The molecule has 2 aliphatic rings. The maximum atomic E-state index is 11.7. The molecule has 1 saturated carbocycles. The van der Waals surface area contributed by atoms with E-state index in [1.54, 1.807) is 0 Å². The first-order valence-corrected chi connectivity index (χ1v) is 5.62. The molecular formula is C10H14N4O2. The van der Waals surface area contributed by atoms with Crippen LogP contribution in [-0.2, 0) is 9.53 Å². The Kier molecular flexibility index (Phi) is 2.36. The van der Waals surface area contributed by atoms with E-state index in [9.17, 15) is 4.79 Å². The summed E-state index contributed by atoms with van der Waals surface area (Å²) in [6.07, 6.45) is 4.16. The Bertz CT molecular complexity index is 374. The van der Waals surface area contributed by atoms with Gasteiger partial charge in [0, 0.05) is 12.5 Å². The summed E-state index contributed by atoms with van der Waals surface area (Å²) < 4.78 is 5.56. The van der Waals surface area contributed by atoms with Crippen molar-refractivity contribution in [3.8, 4) is 0 Å². The normalized spacial score (nSPS) is 29.2. The lowest BCUT2D eigenvalue weighted by Gasteiger charge is -2.17. The first-order valence-electron chi connectivity index (χ1n) is 5.62. The van der Waals surface area contributed by atoms with Crippen molar-refractivity contribution in [3.05, 3.63) is 12.2 Å². The molecule has 1 aliphatic carbocycles. The molecule has 1 aromatic rings. The summed E-state index contributed by atoms with van der Waals surface area (Å²) in [6.45, 7) is 0.654. The van der Waals surface area contributed by atoms with Crippen LogP contribution in [0.2, 0.25) is 0 Å². The van der Waals surface area contributed by atoms with Crippen LogP contribution in [0.1, 0.15) is 31.2 Å². The molecule has 86 valence electrons. The zero-order valence-corrected chi connectivity index (χ0v) is 8.85. The van der Waals surface area contributed by atoms with Crippen molar-refractivity contribution in [1.82, 2.24) is 20.5 Å². The highest BCUT2D eigenvalue weighted by molar-refractivity contribution is 5.81. The minimum absolute atomic E-state index is 0.0287. The third kappa shape index (κ3) is 1.80. The maximum Gasteiger partial charge on any atom is 0.223 e. The van der Waals surface area contributed by atoms with Crippen molar-refractivity contribution >= 4 is 5.91 Å². The second-order valence-electron chi connectivity index (χ2n) is 4.34. The summed E-state index contributed by atoms with van der Waals surface area (Å²) in [4.78, 5) is 15.7. The lowest BCUT2D eigenvalue weighted by Crippen LogP contribution is -2.38. The molecule has 3 rings (SSSR count). The molecule has 1 aliphatic heterocycles. The van der Waals surface area contributed by atoms with E-state index in [0.717, 1.165) is 19.3 Å². The lowest BCUT2D eigenvalue weighted by molar-refractivity contribution is -0.123. The largest absolute Gasteiger partial charge is 0.368 e. The van der Waals surface area contributed by atoms with Crippen molar-refractivity contribution in [3.63, 3.8) is 0 Å². The molecule has 0 radical (unpaired) electrons. The molecule has 2 fully saturated rings.